The lowest BCUT2D eigenvalue weighted by atomic mass is 9.75. The number of carbonyl (C=O) groups excluding carboxylic acids is 1. The van der Waals surface area contributed by atoms with Crippen molar-refractivity contribution in [2.75, 3.05) is 7.05 Å². The highest BCUT2D eigenvalue weighted by molar-refractivity contribution is 6.62. The minimum absolute atomic E-state index is 0.143. The van der Waals surface area contributed by atoms with Gasteiger partial charge in [-0.1, -0.05) is 0 Å². The van der Waals surface area contributed by atoms with Crippen molar-refractivity contribution in [1.29, 1.82) is 0 Å². The van der Waals surface area contributed by atoms with Crippen LogP contribution in [0.5, 0.6) is 0 Å². The van der Waals surface area contributed by atoms with Gasteiger partial charge in [-0.25, -0.2) is 4.79 Å². The summed E-state index contributed by atoms with van der Waals surface area (Å²) in [5, 5.41) is 2.44. The first kappa shape index (κ1) is 20.5. The van der Waals surface area contributed by atoms with Gasteiger partial charge in [-0.15, -0.1) is 0 Å². The molecule has 1 fully saturated rings. The molecular weight excluding hydrogens is 335 g/mol. The van der Waals surface area contributed by atoms with E-state index in [0.717, 1.165) is 11.0 Å². The summed E-state index contributed by atoms with van der Waals surface area (Å²) in [6.45, 7) is 11.5. The highest BCUT2D eigenvalue weighted by atomic mass is 16.7. The summed E-state index contributed by atoms with van der Waals surface area (Å²) in [5.74, 6) is 0. The lowest BCUT2D eigenvalue weighted by Gasteiger charge is -2.32. The van der Waals surface area contributed by atoms with E-state index in [1.54, 1.807) is 33.2 Å². The third-order valence-corrected chi connectivity index (χ3v) is 5.05. The zero-order valence-electron chi connectivity index (χ0n) is 16.9. The van der Waals surface area contributed by atoms with Crippen molar-refractivity contribution in [3.8, 4) is 0 Å². The number of aryl methyl sites for hydroxylation is 1. The number of nitrogens with one attached hydrogen (secondary N) is 1. The second kappa shape index (κ2) is 6.74. The molecule has 1 saturated heterocycles. The van der Waals surface area contributed by atoms with Crippen LogP contribution in [0.15, 0.2) is 17.1 Å². The number of hydrogen-bond donors (Lipinski definition) is 1. The third kappa shape index (κ3) is 4.12. The Bertz CT molecular complexity index is 738. The van der Waals surface area contributed by atoms with Crippen LogP contribution < -0.4 is 16.3 Å². The van der Waals surface area contributed by atoms with E-state index in [-0.39, 0.29) is 5.56 Å². The summed E-state index contributed by atoms with van der Waals surface area (Å²) in [7, 11) is 2.59. The number of amides is 1. The normalized spacial score (nSPS) is 18.7. The number of rotatable bonds is 4. The Hall–Kier alpha value is -1.80. The van der Waals surface area contributed by atoms with E-state index in [0.29, 0.717) is 6.42 Å². The fourth-order valence-electron chi connectivity index (χ4n) is 2.82. The lowest BCUT2D eigenvalue weighted by molar-refractivity contribution is 0.00578. The zero-order chi connectivity index (χ0) is 19.9. The van der Waals surface area contributed by atoms with Gasteiger partial charge in [0.25, 0.3) is 0 Å². The Morgan fingerprint density at radius 3 is 2.31 bits per heavy atom. The summed E-state index contributed by atoms with van der Waals surface area (Å²) < 4.78 is 19.2. The van der Waals surface area contributed by atoms with Gasteiger partial charge in [0.05, 0.1) is 11.2 Å². The van der Waals surface area contributed by atoms with E-state index in [1.165, 1.54) is 11.6 Å². The molecule has 1 N–H and O–H groups in total. The summed E-state index contributed by atoms with van der Waals surface area (Å²) in [5.41, 5.74) is -0.420. The molecule has 0 aliphatic carbocycles. The number of pyridine rings is 1. The molecule has 26 heavy (non-hydrogen) atoms. The Morgan fingerprint density at radius 1 is 1.27 bits per heavy atom. The zero-order valence-corrected chi connectivity index (χ0v) is 16.9. The molecule has 0 spiro atoms. The topological polar surface area (TPSA) is 78.8 Å². The molecule has 0 radical (unpaired) electrons. The first-order valence-electron chi connectivity index (χ1n) is 8.74. The predicted molar refractivity (Wildman–Crippen MR) is 101 cm³/mol. The van der Waals surface area contributed by atoms with Crippen molar-refractivity contribution >= 4 is 18.7 Å². The SMILES string of the molecule is CNC(=O)OC(C)(C)Cc1cc(=O)n(C)cc1B1OC(C)(C)C(C)(C)O1. The maximum atomic E-state index is 12.2. The van der Waals surface area contributed by atoms with Crippen LogP contribution in [0.25, 0.3) is 0 Å². The molecule has 1 aliphatic rings. The second-order valence-electron chi connectivity index (χ2n) is 8.37. The lowest BCUT2D eigenvalue weighted by Crippen LogP contribution is -2.43. The average molecular weight is 364 g/mol. The summed E-state index contributed by atoms with van der Waals surface area (Å²) >= 11 is 0. The van der Waals surface area contributed by atoms with Crippen molar-refractivity contribution in [2.24, 2.45) is 7.05 Å². The average Bonchev–Trinajstić information content (AvgIpc) is 2.69. The van der Waals surface area contributed by atoms with Crippen molar-refractivity contribution in [2.45, 2.75) is 64.8 Å². The summed E-state index contributed by atoms with van der Waals surface area (Å²) in [4.78, 5) is 23.8. The Kier molecular flexibility index (Phi) is 5.32. The predicted octanol–water partition coefficient (Wildman–Crippen LogP) is 1.36. The molecule has 1 aliphatic heterocycles. The number of aromatic nitrogens is 1. The molecule has 0 bridgehead atoms. The van der Waals surface area contributed by atoms with Crippen molar-refractivity contribution in [3.05, 3.63) is 28.2 Å². The number of hydrogen-bond acceptors (Lipinski definition) is 5. The summed E-state index contributed by atoms with van der Waals surface area (Å²) in [6.07, 6.45) is 1.57. The van der Waals surface area contributed by atoms with E-state index >= 15 is 0 Å². The summed E-state index contributed by atoms with van der Waals surface area (Å²) in [6, 6.07) is 1.55. The largest absolute Gasteiger partial charge is 0.496 e. The van der Waals surface area contributed by atoms with Crippen molar-refractivity contribution < 1.29 is 18.8 Å². The molecule has 7 nitrogen and oxygen atoms in total. The molecule has 0 unspecified atom stereocenters. The van der Waals surface area contributed by atoms with Crippen molar-refractivity contribution in [3.63, 3.8) is 0 Å². The second-order valence-corrected chi connectivity index (χ2v) is 8.37. The molecule has 0 saturated carbocycles. The minimum Gasteiger partial charge on any atom is -0.443 e. The van der Waals surface area contributed by atoms with Crippen LogP contribution in [0.1, 0.15) is 47.1 Å². The number of nitrogens with zero attached hydrogens (tertiary/aromatic N) is 1. The van der Waals surface area contributed by atoms with Gasteiger partial charge < -0.3 is 23.9 Å². The van der Waals surface area contributed by atoms with Crippen LogP contribution >= 0.6 is 0 Å². The van der Waals surface area contributed by atoms with Gasteiger partial charge in [0.1, 0.15) is 5.60 Å². The van der Waals surface area contributed by atoms with Crippen molar-refractivity contribution in [1.82, 2.24) is 9.88 Å². The molecule has 0 atom stereocenters. The van der Waals surface area contributed by atoms with Crippen LogP contribution in [0.4, 0.5) is 4.79 Å². The van der Waals surface area contributed by atoms with E-state index in [2.05, 4.69) is 5.32 Å². The Balaban J connectivity index is 2.41. The van der Waals surface area contributed by atoms with Crippen LogP contribution in [-0.4, -0.2) is 41.6 Å². The van der Waals surface area contributed by atoms with Gasteiger partial charge in [-0.3, -0.25) is 4.79 Å². The van der Waals surface area contributed by atoms with E-state index < -0.39 is 30.0 Å². The van der Waals surface area contributed by atoms with Gasteiger partial charge >= 0.3 is 13.2 Å². The molecule has 1 aromatic rings. The standard InChI is InChI=1S/C18H29BN2O5/c1-16(2,24-15(23)20-7)10-12-9-14(22)21(8)11-13(12)19-25-17(3,4)18(5,6)26-19/h9,11H,10H2,1-8H3,(H,20,23). The van der Waals surface area contributed by atoms with Crippen LogP contribution in [-0.2, 0) is 27.5 Å². The van der Waals surface area contributed by atoms with Gasteiger partial charge in [-0.2, -0.15) is 0 Å². The Labute approximate surface area is 155 Å². The van der Waals surface area contributed by atoms with Crippen LogP contribution in [0, 0.1) is 0 Å². The minimum atomic E-state index is -0.801. The fourth-order valence-corrected chi connectivity index (χ4v) is 2.82. The first-order valence-corrected chi connectivity index (χ1v) is 8.74. The smallest absolute Gasteiger partial charge is 0.443 e. The highest BCUT2D eigenvalue weighted by Crippen LogP contribution is 2.36. The number of alkyl carbamates (subject to hydrolysis) is 1. The maximum absolute atomic E-state index is 12.2. The van der Waals surface area contributed by atoms with Gasteiger partial charge in [0.15, 0.2) is 0 Å². The molecular formula is C18H29BN2O5. The highest BCUT2D eigenvalue weighted by Gasteiger charge is 2.52. The number of carbonyl (C=O) groups is 1. The van der Waals surface area contributed by atoms with Gasteiger partial charge in [-0.05, 0) is 47.1 Å². The Morgan fingerprint density at radius 2 is 1.81 bits per heavy atom. The van der Waals surface area contributed by atoms with Gasteiger partial charge in [0, 0.05) is 38.2 Å². The number of ether oxygens (including phenoxy) is 1. The molecule has 1 aromatic heterocycles. The molecule has 2 rings (SSSR count). The molecule has 0 aromatic carbocycles. The fraction of sp³-hybridized carbons (Fsp3) is 0.667. The van der Waals surface area contributed by atoms with E-state index in [1.807, 2.05) is 27.7 Å². The van der Waals surface area contributed by atoms with Crippen LogP contribution in [0.2, 0.25) is 0 Å². The van der Waals surface area contributed by atoms with Gasteiger partial charge in [0.2, 0.25) is 5.56 Å². The first-order chi connectivity index (χ1) is 11.8. The van der Waals surface area contributed by atoms with E-state index in [4.69, 9.17) is 14.0 Å². The van der Waals surface area contributed by atoms with E-state index in [9.17, 15) is 9.59 Å². The molecule has 2 heterocycles. The third-order valence-electron chi connectivity index (χ3n) is 5.05. The quantitative estimate of drug-likeness (QED) is 0.817. The maximum Gasteiger partial charge on any atom is 0.496 e. The molecule has 1 amide bonds. The monoisotopic (exact) mass is 364 g/mol. The molecule has 144 valence electrons. The molecule has 8 heteroatoms. The van der Waals surface area contributed by atoms with Crippen LogP contribution in [0.3, 0.4) is 0 Å².